The van der Waals surface area contributed by atoms with E-state index in [9.17, 15) is 0 Å². The Kier molecular flexibility index (Phi) is 4.14. The van der Waals surface area contributed by atoms with Gasteiger partial charge in [-0.3, -0.25) is 0 Å². The molecule has 112 valence electrons. The minimum absolute atomic E-state index is 0.0626. The highest BCUT2D eigenvalue weighted by molar-refractivity contribution is 5.62. The highest BCUT2D eigenvalue weighted by Gasteiger charge is 2.18. The molecular formula is C16H23N5. The predicted octanol–water partition coefficient (Wildman–Crippen LogP) is 2.79. The average Bonchev–Trinajstić information content (AvgIpc) is 2.46. The Hall–Kier alpha value is -2.14. The van der Waals surface area contributed by atoms with Gasteiger partial charge < -0.3 is 10.3 Å². The van der Waals surface area contributed by atoms with Gasteiger partial charge in [0.05, 0.1) is 5.69 Å². The molecule has 0 saturated heterocycles. The maximum Gasteiger partial charge on any atom is 0.161 e. The standard InChI is InChI=1S/C16H23N5/c1-16(2,3)13-10-14(20-17)19-15(18-13)11-6-8-12(9-7-11)21(4)5/h6-10H,17H2,1-5H3,(H,18,19,20). The van der Waals surface area contributed by atoms with Gasteiger partial charge in [0.15, 0.2) is 5.82 Å². The number of nitrogens with one attached hydrogen (secondary N) is 1. The summed E-state index contributed by atoms with van der Waals surface area (Å²) in [5.74, 6) is 6.83. The number of nitrogens with two attached hydrogens (primary N) is 1. The van der Waals surface area contributed by atoms with Crippen LogP contribution in [0.5, 0.6) is 0 Å². The first kappa shape index (κ1) is 15.3. The van der Waals surface area contributed by atoms with Crippen molar-refractivity contribution in [1.29, 1.82) is 0 Å². The largest absolute Gasteiger partial charge is 0.378 e. The van der Waals surface area contributed by atoms with Crippen LogP contribution in [-0.2, 0) is 5.41 Å². The van der Waals surface area contributed by atoms with Crippen LogP contribution < -0.4 is 16.2 Å². The zero-order valence-electron chi connectivity index (χ0n) is 13.3. The molecule has 1 aromatic heterocycles. The van der Waals surface area contributed by atoms with Crippen molar-refractivity contribution in [2.45, 2.75) is 26.2 Å². The van der Waals surface area contributed by atoms with Gasteiger partial charge in [-0.1, -0.05) is 20.8 Å². The van der Waals surface area contributed by atoms with Crippen LogP contribution >= 0.6 is 0 Å². The first-order chi connectivity index (χ1) is 9.81. The summed E-state index contributed by atoms with van der Waals surface area (Å²) >= 11 is 0. The summed E-state index contributed by atoms with van der Waals surface area (Å²) in [6, 6.07) is 10.0. The van der Waals surface area contributed by atoms with Crippen molar-refractivity contribution in [3.8, 4) is 11.4 Å². The molecule has 0 atom stereocenters. The van der Waals surface area contributed by atoms with Crippen molar-refractivity contribution in [2.75, 3.05) is 24.4 Å². The molecule has 3 N–H and O–H groups in total. The fraction of sp³-hybridized carbons (Fsp3) is 0.375. The lowest BCUT2D eigenvalue weighted by molar-refractivity contribution is 0.568. The minimum atomic E-state index is -0.0626. The molecule has 1 heterocycles. The summed E-state index contributed by atoms with van der Waals surface area (Å²) in [7, 11) is 4.03. The number of hydrazine groups is 1. The highest BCUT2D eigenvalue weighted by atomic mass is 15.3. The summed E-state index contributed by atoms with van der Waals surface area (Å²) in [4.78, 5) is 11.2. The van der Waals surface area contributed by atoms with Crippen LogP contribution in [0.2, 0.25) is 0 Å². The number of benzene rings is 1. The third kappa shape index (κ3) is 3.49. The lowest BCUT2D eigenvalue weighted by atomic mass is 9.92. The number of aromatic nitrogens is 2. The predicted molar refractivity (Wildman–Crippen MR) is 88.3 cm³/mol. The van der Waals surface area contributed by atoms with E-state index in [2.05, 4.69) is 53.2 Å². The number of nitrogen functional groups attached to an aromatic ring is 1. The van der Waals surface area contributed by atoms with Crippen LogP contribution in [-0.4, -0.2) is 24.1 Å². The van der Waals surface area contributed by atoms with Gasteiger partial charge >= 0.3 is 0 Å². The molecule has 0 bridgehead atoms. The molecule has 1 aromatic carbocycles. The molecule has 0 saturated carbocycles. The first-order valence-electron chi connectivity index (χ1n) is 6.95. The third-order valence-electron chi connectivity index (χ3n) is 3.28. The summed E-state index contributed by atoms with van der Waals surface area (Å²) in [5.41, 5.74) is 5.63. The monoisotopic (exact) mass is 285 g/mol. The van der Waals surface area contributed by atoms with Crippen LogP contribution in [0.4, 0.5) is 11.5 Å². The van der Waals surface area contributed by atoms with Gasteiger partial charge in [-0.05, 0) is 24.3 Å². The number of hydrogen-bond donors (Lipinski definition) is 2. The Balaban J connectivity index is 2.47. The second-order valence-electron chi connectivity index (χ2n) is 6.30. The molecular weight excluding hydrogens is 262 g/mol. The van der Waals surface area contributed by atoms with E-state index < -0.39 is 0 Å². The summed E-state index contributed by atoms with van der Waals surface area (Å²) < 4.78 is 0. The van der Waals surface area contributed by atoms with Gasteiger partial charge in [0.25, 0.3) is 0 Å². The fourth-order valence-electron chi connectivity index (χ4n) is 1.94. The summed E-state index contributed by atoms with van der Waals surface area (Å²) in [5, 5.41) is 0. The molecule has 0 fully saturated rings. The van der Waals surface area contributed by atoms with E-state index in [1.54, 1.807) is 0 Å². The maximum absolute atomic E-state index is 5.53. The Bertz CT molecular complexity index is 612. The zero-order chi connectivity index (χ0) is 15.6. The molecule has 0 spiro atoms. The number of anilines is 2. The lowest BCUT2D eigenvalue weighted by Crippen LogP contribution is -2.17. The van der Waals surface area contributed by atoms with Gasteiger partial charge in [0, 0.05) is 36.8 Å². The van der Waals surface area contributed by atoms with E-state index >= 15 is 0 Å². The topological polar surface area (TPSA) is 67.1 Å². The molecule has 0 aliphatic heterocycles. The molecule has 0 aliphatic carbocycles. The Labute approximate surface area is 126 Å². The smallest absolute Gasteiger partial charge is 0.161 e. The van der Waals surface area contributed by atoms with E-state index in [1.807, 2.05) is 32.3 Å². The maximum atomic E-state index is 5.53. The fourth-order valence-corrected chi connectivity index (χ4v) is 1.94. The van der Waals surface area contributed by atoms with Crippen molar-refractivity contribution < 1.29 is 0 Å². The summed E-state index contributed by atoms with van der Waals surface area (Å²) in [6.07, 6.45) is 0. The van der Waals surface area contributed by atoms with E-state index in [0.29, 0.717) is 11.6 Å². The Morgan fingerprint density at radius 1 is 1.05 bits per heavy atom. The molecule has 0 unspecified atom stereocenters. The molecule has 0 aliphatic rings. The van der Waals surface area contributed by atoms with E-state index in [0.717, 1.165) is 16.9 Å². The van der Waals surface area contributed by atoms with Gasteiger partial charge in [-0.2, -0.15) is 0 Å². The van der Waals surface area contributed by atoms with Gasteiger partial charge in [-0.25, -0.2) is 15.8 Å². The zero-order valence-corrected chi connectivity index (χ0v) is 13.3. The Morgan fingerprint density at radius 3 is 2.14 bits per heavy atom. The molecule has 0 radical (unpaired) electrons. The summed E-state index contributed by atoms with van der Waals surface area (Å²) in [6.45, 7) is 6.36. The normalized spacial score (nSPS) is 11.3. The van der Waals surface area contributed by atoms with Crippen molar-refractivity contribution in [3.63, 3.8) is 0 Å². The van der Waals surface area contributed by atoms with Crippen LogP contribution in [0, 0.1) is 0 Å². The van der Waals surface area contributed by atoms with E-state index in [1.165, 1.54) is 0 Å². The number of hydrogen-bond acceptors (Lipinski definition) is 5. The molecule has 2 rings (SSSR count). The molecule has 5 nitrogen and oxygen atoms in total. The minimum Gasteiger partial charge on any atom is -0.378 e. The lowest BCUT2D eigenvalue weighted by Gasteiger charge is -2.19. The van der Waals surface area contributed by atoms with Crippen LogP contribution in [0.15, 0.2) is 30.3 Å². The molecule has 21 heavy (non-hydrogen) atoms. The van der Waals surface area contributed by atoms with E-state index in [-0.39, 0.29) is 5.41 Å². The molecule has 5 heteroatoms. The SMILES string of the molecule is CN(C)c1ccc(-c2nc(NN)cc(C(C)(C)C)n2)cc1. The second-order valence-corrected chi connectivity index (χ2v) is 6.30. The van der Waals surface area contributed by atoms with Crippen molar-refractivity contribution in [1.82, 2.24) is 9.97 Å². The van der Waals surface area contributed by atoms with Gasteiger partial charge in [0.2, 0.25) is 0 Å². The number of rotatable bonds is 3. The van der Waals surface area contributed by atoms with Crippen molar-refractivity contribution >= 4 is 11.5 Å². The highest BCUT2D eigenvalue weighted by Crippen LogP contribution is 2.26. The molecule has 0 amide bonds. The van der Waals surface area contributed by atoms with Gasteiger partial charge in [-0.15, -0.1) is 0 Å². The third-order valence-corrected chi connectivity index (χ3v) is 3.28. The first-order valence-corrected chi connectivity index (χ1v) is 6.95. The van der Waals surface area contributed by atoms with Crippen LogP contribution in [0.25, 0.3) is 11.4 Å². The second kappa shape index (κ2) is 5.69. The number of nitrogens with zero attached hydrogens (tertiary/aromatic N) is 3. The van der Waals surface area contributed by atoms with Crippen molar-refractivity contribution in [2.24, 2.45) is 5.84 Å². The molecule has 2 aromatic rings. The van der Waals surface area contributed by atoms with Crippen LogP contribution in [0.3, 0.4) is 0 Å². The van der Waals surface area contributed by atoms with Gasteiger partial charge in [0.1, 0.15) is 5.82 Å². The van der Waals surface area contributed by atoms with Crippen molar-refractivity contribution in [3.05, 3.63) is 36.0 Å². The van der Waals surface area contributed by atoms with Crippen LogP contribution in [0.1, 0.15) is 26.5 Å². The quantitative estimate of drug-likeness (QED) is 0.670. The van der Waals surface area contributed by atoms with E-state index in [4.69, 9.17) is 5.84 Å². The Morgan fingerprint density at radius 2 is 1.67 bits per heavy atom. The average molecular weight is 285 g/mol.